The molecule has 1 aromatic carbocycles. The number of aliphatic hydroxyl groups is 1. The van der Waals surface area contributed by atoms with E-state index in [0.717, 1.165) is 37.5 Å². The first kappa shape index (κ1) is 13.7. The van der Waals surface area contributed by atoms with Gasteiger partial charge in [0.2, 0.25) is 0 Å². The summed E-state index contributed by atoms with van der Waals surface area (Å²) in [6.07, 6.45) is 4.10. The van der Waals surface area contributed by atoms with E-state index >= 15 is 0 Å². The predicted molar refractivity (Wildman–Crippen MR) is 66.6 cm³/mol. The molecule has 0 spiro atoms. The van der Waals surface area contributed by atoms with E-state index < -0.39 is 16.3 Å². The van der Waals surface area contributed by atoms with Gasteiger partial charge >= 0.3 is 5.69 Å². The molecule has 0 amide bonds. The standard InChI is InChI=1S/C13H16FNO4/c14-10-4-5-11(15(17)18)12(8-10)19-9-13(16)6-2-1-3-7-13/h4-5,8,16H,1-3,6-7,9H2. The summed E-state index contributed by atoms with van der Waals surface area (Å²) < 4.78 is 18.4. The average molecular weight is 269 g/mol. The van der Waals surface area contributed by atoms with Gasteiger partial charge in [0.1, 0.15) is 12.4 Å². The Morgan fingerprint density at radius 3 is 2.68 bits per heavy atom. The molecule has 0 radical (unpaired) electrons. The van der Waals surface area contributed by atoms with Crippen molar-refractivity contribution in [2.75, 3.05) is 6.61 Å². The van der Waals surface area contributed by atoms with E-state index in [1.54, 1.807) is 0 Å². The summed E-state index contributed by atoms with van der Waals surface area (Å²) in [5, 5.41) is 21.0. The van der Waals surface area contributed by atoms with Gasteiger partial charge < -0.3 is 9.84 Å². The maximum absolute atomic E-state index is 13.1. The summed E-state index contributed by atoms with van der Waals surface area (Å²) in [7, 11) is 0. The van der Waals surface area contributed by atoms with E-state index in [2.05, 4.69) is 0 Å². The minimum Gasteiger partial charge on any atom is -0.484 e. The molecule has 0 heterocycles. The molecule has 104 valence electrons. The number of nitro benzene ring substituents is 1. The van der Waals surface area contributed by atoms with Gasteiger partial charge in [-0.3, -0.25) is 10.1 Å². The molecule has 0 aromatic heterocycles. The first-order valence-electron chi connectivity index (χ1n) is 6.29. The van der Waals surface area contributed by atoms with Crippen molar-refractivity contribution in [3.05, 3.63) is 34.1 Å². The maximum atomic E-state index is 13.1. The fourth-order valence-corrected chi connectivity index (χ4v) is 2.32. The fraction of sp³-hybridized carbons (Fsp3) is 0.538. The molecule has 1 aliphatic rings. The Kier molecular flexibility index (Phi) is 3.99. The molecule has 1 aromatic rings. The second-order valence-corrected chi connectivity index (χ2v) is 4.94. The van der Waals surface area contributed by atoms with Gasteiger partial charge in [0.25, 0.3) is 0 Å². The van der Waals surface area contributed by atoms with E-state index in [4.69, 9.17) is 4.74 Å². The summed E-state index contributed by atoms with van der Waals surface area (Å²) in [5.74, 6) is -0.736. The first-order chi connectivity index (χ1) is 9.00. The SMILES string of the molecule is O=[N+]([O-])c1ccc(F)cc1OCC1(O)CCCCC1. The molecule has 5 nitrogen and oxygen atoms in total. The number of nitrogens with zero attached hydrogens (tertiary/aromatic N) is 1. The minimum atomic E-state index is -0.960. The topological polar surface area (TPSA) is 72.6 Å². The second-order valence-electron chi connectivity index (χ2n) is 4.94. The number of ether oxygens (including phenoxy) is 1. The van der Waals surface area contributed by atoms with Crippen molar-refractivity contribution >= 4 is 5.69 Å². The molecule has 1 saturated carbocycles. The van der Waals surface area contributed by atoms with Crippen LogP contribution < -0.4 is 4.74 Å². The molecule has 0 unspecified atom stereocenters. The zero-order valence-electron chi connectivity index (χ0n) is 10.5. The molecule has 1 aliphatic carbocycles. The monoisotopic (exact) mass is 269 g/mol. The highest BCUT2D eigenvalue weighted by atomic mass is 19.1. The molecule has 1 fully saturated rings. The van der Waals surface area contributed by atoms with Crippen LogP contribution in [-0.4, -0.2) is 22.2 Å². The summed E-state index contributed by atoms with van der Waals surface area (Å²) in [4.78, 5) is 10.2. The van der Waals surface area contributed by atoms with Crippen LogP contribution in [0.3, 0.4) is 0 Å². The number of nitro groups is 1. The molecule has 6 heteroatoms. The molecule has 0 bridgehead atoms. The van der Waals surface area contributed by atoms with E-state index in [-0.39, 0.29) is 18.0 Å². The lowest BCUT2D eigenvalue weighted by Gasteiger charge is -2.31. The van der Waals surface area contributed by atoms with Crippen LogP contribution in [0.15, 0.2) is 18.2 Å². The zero-order chi connectivity index (χ0) is 13.9. The number of hydrogen-bond donors (Lipinski definition) is 1. The third-order valence-electron chi connectivity index (χ3n) is 3.40. The van der Waals surface area contributed by atoms with Gasteiger partial charge in [0.15, 0.2) is 5.75 Å². The number of hydrogen-bond acceptors (Lipinski definition) is 4. The van der Waals surface area contributed by atoms with Gasteiger partial charge in [-0.25, -0.2) is 4.39 Å². The van der Waals surface area contributed by atoms with Gasteiger partial charge in [0, 0.05) is 12.1 Å². The third kappa shape index (κ3) is 3.41. The van der Waals surface area contributed by atoms with E-state index in [0.29, 0.717) is 12.8 Å². The lowest BCUT2D eigenvalue weighted by molar-refractivity contribution is -0.386. The average Bonchev–Trinajstić information content (AvgIpc) is 2.37. The van der Waals surface area contributed by atoms with Crippen molar-refractivity contribution in [1.29, 1.82) is 0 Å². The predicted octanol–water partition coefficient (Wildman–Crippen LogP) is 2.81. The number of halogens is 1. The molecule has 0 atom stereocenters. The van der Waals surface area contributed by atoms with Crippen LogP contribution >= 0.6 is 0 Å². The lowest BCUT2D eigenvalue weighted by Crippen LogP contribution is -2.38. The van der Waals surface area contributed by atoms with Gasteiger partial charge in [-0.2, -0.15) is 0 Å². The number of rotatable bonds is 4. The number of benzene rings is 1. The van der Waals surface area contributed by atoms with Crippen LogP contribution in [0.5, 0.6) is 5.75 Å². The molecular weight excluding hydrogens is 253 g/mol. The van der Waals surface area contributed by atoms with E-state index in [1.807, 2.05) is 0 Å². The van der Waals surface area contributed by atoms with Crippen molar-refractivity contribution in [2.45, 2.75) is 37.7 Å². The minimum absolute atomic E-state index is 0.0444. The van der Waals surface area contributed by atoms with E-state index in [1.165, 1.54) is 0 Å². The smallest absolute Gasteiger partial charge is 0.311 e. The summed E-state index contributed by atoms with van der Waals surface area (Å²) >= 11 is 0. The summed E-state index contributed by atoms with van der Waals surface area (Å²) in [6.45, 7) is -0.0444. The molecule has 2 rings (SSSR count). The molecule has 0 aliphatic heterocycles. The van der Waals surface area contributed by atoms with Crippen LogP contribution in [0.1, 0.15) is 32.1 Å². The largest absolute Gasteiger partial charge is 0.484 e. The highest BCUT2D eigenvalue weighted by Crippen LogP contribution is 2.32. The van der Waals surface area contributed by atoms with E-state index in [9.17, 15) is 19.6 Å². The van der Waals surface area contributed by atoms with Crippen molar-refractivity contribution in [1.82, 2.24) is 0 Å². The maximum Gasteiger partial charge on any atom is 0.311 e. The van der Waals surface area contributed by atoms with Crippen molar-refractivity contribution in [2.24, 2.45) is 0 Å². The molecule has 19 heavy (non-hydrogen) atoms. The highest BCUT2D eigenvalue weighted by Gasteiger charge is 2.31. The molecule has 0 saturated heterocycles. The van der Waals surface area contributed by atoms with Crippen LogP contribution in [0.2, 0.25) is 0 Å². The quantitative estimate of drug-likeness (QED) is 0.673. The Morgan fingerprint density at radius 1 is 1.37 bits per heavy atom. The third-order valence-corrected chi connectivity index (χ3v) is 3.40. The van der Waals surface area contributed by atoms with Gasteiger partial charge in [-0.05, 0) is 18.9 Å². The van der Waals surface area contributed by atoms with Gasteiger partial charge in [-0.1, -0.05) is 19.3 Å². The Morgan fingerprint density at radius 2 is 2.05 bits per heavy atom. The lowest BCUT2D eigenvalue weighted by atomic mass is 9.85. The Hall–Kier alpha value is -1.69. The Labute approximate surface area is 110 Å². The van der Waals surface area contributed by atoms with Crippen LogP contribution in [0, 0.1) is 15.9 Å². The zero-order valence-corrected chi connectivity index (χ0v) is 10.5. The Balaban J connectivity index is 2.10. The second kappa shape index (κ2) is 5.52. The Bertz CT molecular complexity index is 472. The molecule has 1 N–H and O–H groups in total. The van der Waals surface area contributed by atoms with Crippen molar-refractivity contribution in [3.63, 3.8) is 0 Å². The van der Waals surface area contributed by atoms with Crippen molar-refractivity contribution < 1.29 is 19.2 Å². The van der Waals surface area contributed by atoms with Gasteiger partial charge in [0.05, 0.1) is 10.5 Å². The van der Waals surface area contributed by atoms with Crippen LogP contribution in [-0.2, 0) is 0 Å². The molecular formula is C13H16FNO4. The van der Waals surface area contributed by atoms with Crippen LogP contribution in [0.25, 0.3) is 0 Å². The normalized spacial score (nSPS) is 18.0. The van der Waals surface area contributed by atoms with Crippen molar-refractivity contribution in [3.8, 4) is 5.75 Å². The fourth-order valence-electron chi connectivity index (χ4n) is 2.32. The van der Waals surface area contributed by atoms with Crippen LogP contribution in [0.4, 0.5) is 10.1 Å². The first-order valence-corrected chi connectivity index (χ1v) is 6.29. The summed E-state index contributed by atoms with van der Waals surface area (Å²) in [6, 6.07) is 3.06. The highest BCUT2D eigenvalue weighted by molar-refractivity contribution is 5.46. The summed E-state index contributed by atoms with van der Waals surface area (Å²) in [5.41, 5.74) is -1.25. The van der Waals surface area contributed by atoms with Gasteiger partial charge in [-0.15, -0.1) is 0 Å².